The lowest BCUT2D eigenvalue weighted by Gasteiger charge is -2.28. The van der Waals surface area contributed by atoms with Crippen molar-refractivity contribution in [2.45, 2.75) is 82.9 Å². The van der Waals surface area contributed by atoms with Gasteiger partial charge in [-0.2, -0.15) is 0 Å². The van der Waals surface area contributed by atoms with Gasteiger partial charge in [0.1, 0.15) is 17.9 Å². The van der Waals surface area contributed by atoms with E-state index >= 15 is 0 Å². The molecule has 0 aliphatic heterocycles. The SMILES string of the molecule is BC1(c2nnc(C(C)C)s2)CCCCCCCCC1. The van der Waals surface area contributed by atoms with Crippen LogP contribution in [0.25, 0.3) is 0 Å². The van der Waals surface area contributed by atoms with Gasteiger partial charge in [0.15, 0.2) is 0 Å². The summed E-state index contributed by atoms with van der Waals surface area (Å²) >= 11 is 1.85. The van der Waals surface area contributed by atoms with Gasteiger partial charge >= 0.3 is 0 Å². The van der Waals surface area contributed by atoms with Crippen LogP contribution in [0.3, 0.4) is 0 Å². The molecular formula is C15H27BN2S. The molecule has 19 heavy (non-hydrogen) atoms. The highest BCUT2D eigenvalue weighted by Crippen LogP contribution is 2.36. The Bertz CT molecular complexity index is 379. The summed E-state index contributed by atoms with van der Waals surface area (Å²) in [6, 6.07) is 0. The second-order valence-electron chi connectivity index (χ2n) is 6.64. The minimum Gasteiger partial charge on any atom is -0.144 e. The molecule has 0 saturated heterocycles. The van der Waals surface area contributed by atoms with Gasteiger partial charge in [-0.15, -0.1) is 21.5 Å². The van der Waals surface area contributed by atoms with Crippen molar-refractivity contribution in [3.05, 3.63) is 10.0 Å². The molecule has 0 unspecified atom stereocenters. The molecule has 106 valence electrons. The molecule has 0 N–H and O–H groups in total. The Kier molecular flexibility index (Phi) is 5.43. The average molecular weight is 278 g/mol. The van der Waals surface area contributed by atoms with Gasteiger partial charge in [0.05, 0.1) is 0 Å². The third-order valence-corrected chi connectivity index (χ3v) is 5.94. The maximum Gasteiger partial charge on any atom is 0.119 e. The van der Waals surface area contributed by atoms with Crippen molar-refractivity contribution >= 4 is 19.2 Å². The van der Waals surface area contributed by atoms with Gasteiger partial charge in [-0.05, 0) is 18.2 Å². The minimum absolute atomic E-state index is 0.280. The van der Waals surface area contributed by atoms with Gasteiger partial charge in [0, 0.05) is 5.92 Å². The lowest BCUT2D eigenvalue weighted by molar-refractivity contribution is 0.422. The third kappa shape index (κ3) is 4.04. The fourth-order valence-electron chi connectivity index (χ4n) is 2.96. The van der Waals surface area contributed by atoms with Crippen LogP contribution >= 0.6 is 11.3 Å². The maximum atomic E-state index is 4.53. The molecule has 1 aromatic rings. The number of aromatic nitrogens is 2. The summed E-state index contributed by atoms with van der Waals surface area (Å²) in [6.07, 6.45) is 12.4. The normalized spacial score (nSPS) is 21.4. The fourth-order valence-corrected chi connectivity index (χ4v) is 4.01. The van der Waals surface area contributed by atoms with Crippen molar-refractivity contribution in [1.29, 1.82) is 0 Å². The highest BCUT2D eigenvalue weighted by atomic mass is 32.1. The minimum atomic E-state index is 0.280. The first-order chi connectivity index (χ1) is 9.12. The van der Waals surface area contributed by atoms with E-state index in [2.05, 4.69) is 31.9 Å². The van der Waals surface area contributed by atoms with Gasteiger partial charge in [0.25, 0.3) is 0 Å². The van der Waals surface area contributed by atoms with E-state index in [0.29, 0.717) is 5.92 Å². The van der Waals surface area contributed by atoms with Crippen LogP contribution in [0.5, 0.6) is 0 Å². The number of hydrogen-bond acceptors (Lipinski definition) is 3. The largest absolute Gasteiger partial charge is 0.144 e. The molecule has 1 aliphatic rings. The summed E-state index contributed by atoms with van der Waals surface area (Å²) in [5.41, 5.74) is 0. The van der Waals surface area contributed by atoms with Crippen molar-refractivity contribution in [3.63, 3.8) is 0 Å². The average Bonchev–Trinajstić information content (AvgIpc) is 2.88. The first-order valence-corrected chi connectivity index (χ1v) is 8.77. The van der Waals surface area contributed by atoms with Crippen LogP contribution in [0.2, 0.25) is 0 Å². The van der Waals surface area contributed by atoms with E-state index in [1.165, 1.54) is 67.8 Å². The Morgan fingerprint density at radius 2 is 1.47 bits per heavy atom. The molecule has 0 atom stereocenters. The van der Waals surface area contributed by atoms with E-state index < -0.39 is 0 Å². The lowest BCUT2D eigenvalue weighted by atomic mass is 9.63. The zero-order valence-electron chi connectivity index (χ0n) is 12.7. The molecule has 0 amide bonds. The Morgan fingerprint density at radius 3 is 1.95 bits per heavy atom. The van der Waals surface area contributed by atoms with Crippen LogP contribution in [0.4, 0.5) is 0 Å². The summed E-state index contributed by atoms with van der Waals surface area (Å²) < 4.78 is 0. The molecule has 0 spiro atoms. The van der Waals surface area contributed by atoms with Crippen molar-refractivity contribution < 1.29 is 0 Å². The smallest absolute Gasteiger partial charge is 0.119 e. The number of rotatable bonds is 2. The second kappa shape index (κ2) is 6.87. The molecule has 1 saturated carbocycles. The summed E-state index contributed by atoms with van der Waals surface area (Å²) in [7, 11) is 2.42. The van der Waals surface area contributed by atoms with Crippen LogP contribution in [0, 0.1) is 0 Å². The van der Waals surface area contributed by atoms with Crippen LogP contribution in [-0.2, 0) is 5.31 Å². The van der Waals surface area contributed by atoms with E-state index in [-0.39, 0.29) is 5.31 Å². The molecule has 0 aromatic carbocycles. The van der Waals surface area contributed by atoms with Crippen LogP contribution in [-0.4, -0.2) is 18.0 Å². The van der Waals surface area contributed by atoms with Crippen molar-refractivity contribution in [3.8, 4) is 0 Å². The summed E-state index contributed by atoms with van der Waals surface area (Å²) in [5, 5.41) is 11.7. The Morgan fingerprint density at radius 1 is 0.947 bits per heavy atom. The van der Waals surface area contributed by atoms with Gasteiger partial charge in [-0.3, -0.25) is 0 Å². The maximum absolute atomic E-state index is 4.53. The predicted molar refractivity (Wildman–Crippen MR) is 85.8 cm³/mol. The Labute approximate surface area is 122 Å². The third-order valence-electron chi connectivity index (χ3n) is 4.41. The molecule has 1 heterocycles. The zero-order valence-corrected chi connectivity index (χ0v) is 13.6. The van der Waals surface area contributed by atoms with Crippen molar-refractivity contribution in [2.75, 3.05) is 0 Å². The molecule has 1 fully saturated rings. The summed E-state index contributed by atoms with van der Waals surface area (Å²) in [6.45, 7) is 4.42. The van der Waals surface area contributed by atoms with Gasteiger partial charge in [0.2, 0.25) is 0 Å². The molecule has 1 aliphatic carbocycles. The van der Waals surface area contributed by atoms with Crippen LogP contribution < -0.4 is 0 Å². The topological polar surface area (TPSA) is 25.8 Å². The Balaban J connectivity index is 2.10. The quantitative estimate of drug-likeness (QED) is 0.764. The Hall–Kier alpha value is -0.375. The molecule has 0 bridgehead atoms. The van der Waals surface area contributed by atoms with Gasteiger partial charge in [-0.1, -0.05) is 58.8 Å². The highest BCUT2D eigenvalue weighted by molar-refractivity contribution is 7.11. The monoisotopic (exact) mass is 278 g/mol. The molecule has 4 heteroatoms. The van der Waals surface area contributed by atoms with E-state index in [9.17, 15) is 0 Å². The second-order valence-corrected chi connectivity index (χ2v) is 7.64. The van der Waals surface area contributed by atoms with E-state index in [1.54, 1.807) is 0 Å². The fraction of sp³-hybridized carbons (Fsp3) is 0.867. The van der Waals surface area contributed by atoms with E-state index in [4.69, 9.17) is 0 Å². The summed E-state index contributed by atoms with van der Waals surface area (Å²) in [4.78, 5) is 0. The molecule has 0 radical (unpaired) electrons. The standard InChI is InChI=1S/C15H27BN2S/c1-12(2)13-17-18-14(19-13)15(16)10-8-6-4-3-5-7-9-11-15/h12H,3-11,16H2,1-2H3. The lowest BCUT2D eigenvalue weighted by Crippen LogP contribution is -2.27. The first kappa shape index (κ1) is 15.0. The number of nitrogens with zero attached hydrogens (tertiary/aromatic N) is 2. The number of hydrogen-bond donors (Lipinski definition) is 0. The van der Waals surface area contributed by atoms with Crippen LogP contribution in [0.15, 0.2) is 0 Å². The van der Waals surface area contributed by atoms with Crippen molar-refractivity contribution in [2.24, 2.45) is 0 Å². The van der Waals surface area contributed by atoms with E-state index in [1.807, 2.05) is 11.3 Å². The first-order valence-electron chi connectivity index (χ1n) is 7.96. The molecule has 1 aromatic heterocycles. The van der Waals surface area contributed by atoms with Crippen molar-refractivity contribution in [1.82, 2.24) is 10.2 Å². The highest BCUT2D eigenvalue weighted by Gasteiger charge is 2.30. The van der Waals surface area contributed by atoms with Crippen LogP contribution in [0.1, 0.15) is 87.6 Å². The van der Waals surface area contributed by atoms with Gasteiger partial charge in [-0.25, -0.2) is 0 Å². The predicted octanol–water partition coefficient (Wildman–Crippen LogP) is 4.01. The molecular weight excluding hydrogens is 251 g/mol. The zero-order chi connectivity index (χ0) is 13.7. The van der Waals surface area contributed by atoms with E-state index in [0.717, 1.165) is 0 Å². The van der Waals surface area contributed by atoms with Gasteiger partial charge < -0.3 is 0 Å². The summed E-state index contributed by atoms with van der Waals surface area (Å²) in [5.74, 6) is 0.509. The molecule has 2 nitrogen and oxygen atoms in total. The molecule has 2 rings (SSSR count).